The topological polar surface area (TPSA) is 43.0 Å². The van der Waals surface area contributed by atoms with Gasteiger partial charge in [0.15, 0.2) is 0 Å². The number of rotatable bonds is 4. The molecule has 3 nitrogen and oxygen atoms in total. The number of nitrogen functional groups attached to an aromatic ring is 1. The van der Waals surface area contributed by atoms with Gasteiger partial charge >= 0.3 is 0 Å². The first kappa shape index (κ1) is 11.6. The molecule has 3 rings (SSSR count). The third kappa shape index (κ3) is 2.10. The number of hydrogen-bond donors (Lipinski definition) is 2. The number of nitrogens with two attached hydrogens (primary N) is 1. The smallest absolute Gasteiger partial charge is 0.0486 e. The summed E-state index contributed by atoms with van der Waals surface area (Å²) in [6.07, 6.45) is 2.66. The van der Waals surface area contributed by atoms with Crippen molar-refractivity contribution in [1.82, 2.24) is 9.88 Å². The lowest BCUT2D eigenvalue weighted by Crippen LogP contribution is -2.18. The molecule has 0 bridgehead atoms. The Labute approximate surface area is 108 Å². The molecule has 18 heavy (non-hydrogen) atoms. The van der Waals surface area contributed by atoms with Crippen molar-refractivity contribution in [1.29, 1.82) is 0 Å². The number of nitrogens with zero attached hydrogens (tertiary/aromatic N) is 1. The van der Waals surface area contributed by atoms with E-state index in [4.69, 9.17) is 5.73 Å². The van der Waals surface area contributed by atoms with E-state index in [1.807, 2.05) is 6.07 Å². The van der Waals surface area contributed by atoms with E-state index in [0.29, 0.717) is 6.04 Å². The summed E-state index contributed by atoms with van der Waals surface area (Å²) in [5, 5.41) is 4.84. The minimum atomic E-state index is 0.474. The molecule has 0 radical (unpaired) electrons. The second-order valence-electron chi connectivity index (χ2n) is 5.57. The highest BCUT2D eigenvalue weighted by Crippen LogP contribution is 2.27. The number of anilines is 1. The van der Waals surface area contributed by atoms with E-state index in [1.165, 1.54) is 29.4 Å². The van der Waals surface area contributed by atoms with Gasteiger partial charge in [0.2, 0.25) is 0 Å². The molecule has 3 heteroatoms. The molecule has 2 aromatic rings. The number of nitrogens with one attached hydrogen (secondary N) is 1. The van der Waals surface area contributed by atoms with Gasteiger partial charge in [-0.05, 0) is 51.0 Å². The van der Waals surface area contributed by atoms with E-state index < -0.39 is 0 Å². The van der Waals surface area contributed by atoms with Gasteiger partial charge < -0.3 is 15.6 Å². The minimum Gasteiger partial charge on any atom is -0.399 e. The van der Waals surface area contributed by atoms with Gasteiger partial charge in [-0.1, -0.05) is 0 Å². The molecule has 1 aliphatic rings. The van der Waals surface area contributed by atoms with Crippen LogP contribution < -0.4 is 11.1 Å². The Hall–Kier alpha value is -1.48. The number of aromatic nitrogens is 1. The molecule has 1 heterocycles. The fourth-order valence-electron chi connectivity index (χ4n) is 2.59. The van der Waals surface area contributed by atoms with Crippen LogP contribution in [0.4, 0.5) is 5.69 Å². The predicted molar refractivity (Wildman–Crippen MR) is 76.6 cm³/mol. The van der Waals surface area contributed by atoms with Crippen molar-refractivity contribution in [3.63, 3.8) is 0 Å². The Kier molecular flexibility index (Phi) is 2.78. The van der Waals surface area contributed by atoms with Crippen molar-refractivity contribution in [2.24, 2.45) is 0 Å². The summed E-state index contributed by atoms with van der Waals surface area (Å²) >= 11 is 0. The van der Waals surface area contributed by atoms with Crippen LogP contribution in [0.3, 0.4) is 0 Å². The van der Waals surface area contributed by atoms with Crippen LogP contribution in [0.2, 0.25) is 0 Å². The fraction of sp³-hybridized carbons (Fsp3) is 0.467. The Morgan fingerprint density at radius 1 is 1.33 bits per heavy atom. The lowest BCUT2D eigenvalue weighted by Gasteiger charge is -2.15. The molecule has 96 valence electrons. The Balaban J connectivity index is 2.01. The van der Waals surface area contributed by atoms with Crippen molar-refractivity contribution in [3.8, 4) is 0 Å². The standard InChI is InChI=1S/C15H21N3/c1-10(2)18-14(9-17-13-4-5-13)8-11-7-12(16)3-6-15(11)18/h3,6-8,10,13,17H,4-5,9,16H2,1-2H3. The molecular weight excluding hydrogens is 222 g/mol. The highest BCUT2D eigenvalue weighted by atomic mass is 15.1. The van der Waals surface area contributed by atoms with Gasteiger partial charge in [-0.15, -0.1) is 0 Å². The summed E-state index contributed by atoms with van der Waals surface area (Å²) in [6.45, 7) is 5.42. The molecule has 0 amide bonds. The Morgan fingerprint density at radius 3 is 2.78 bits per heavy atom. The molecule has 0 aliphatic heterocycles. The van der Waals surface area contributed by atoms with E-state index >= 15 is 0 Å². The average Bonchev–Trinajstić information content (AvgIpc) is 3.06. The third-order valence-electron chi connectivity index (χ3n) is 3.61. The number of fused-ring (bicyclic) bond motifs is 1. The van der Waals surface area contributed by atoms with Crippen LogP contribution in [0.5, 0.6) is 0 Å². The van der Waals surface area contributed by atoms with Crippen LogP contribution in [0.25, 0.3) is 10.9 Å². The van der Waals surface area contributed by atoms with E-state index in [0.717, 1.165) is 18.3 Å². The lowest BCUT2D eigenvalue weighted by atomic mass is 10.2. The molecule has 0 atom stereocenters. The fourth-order valence-corrected chi connectivity index (χ4v) is 2.59. The third-order valence-corrected chi connectivity index (χ3v) is 3.61. The van der Waals surface area contributed by atoms with Crippen molar-refractivity contribution in [3.05, 3.63) is 30.0 Å². The zero-order valence-electron chi connectivity index (χ0n) is 11.1. The summed E-state index contributed by atoms with van der Waals surface area (Å²) < 4.78 is 2.41. The largest absolute Gasteiger partial charge is 0.399 e. The Bertz CT molecular complexity index is 564. The molecule has 3 N–H and O–H groups in total. The van der Waals surface area contributed by atoms with Gasteiger partial charge in [-0.2, -0.15) is 0 Å². The highest BCUT2D eigenvalue weighted by molar-refractivity contribution is 5.84. The quantitative estimate of drug-likeness (QED) is 0.810. The van der Waals surface area contributed by atoms with Crippen molar-refractivity contribution in [2.45, 2.75) is 45.3 Å². The minimum absolute atomic E-state index is 0.474. The summed E-state index contributed by atoms with van der Waals surface area (Å²) in [5.41, 5.74) is 9.35. The predicted octanol–water partition coefficient (Wildman–Crippen LogP) is 3.06. The number of hydrogen-bond acceptors (Lipinski definition) is 2. The van der Waals surface area contributed by atoms with Gasteiger partial charge in [-0.3, -0.25) is 0 Å². The first-order valence-corrected chi connectivity index (χ1v) is 6.78. The molecule has 1 aromatic carbocycles. The van der Waals surface area contributed by atoms with Crippen LogP contribution >= 0.6 is 0 Å². The summed E-state index contributed by atoms with van der Waals surface area (Å²) in [6, 6.07) is 9.66. The second kappa shape index (κ2) is 4.32. The molecule has 1 saturated carbocycles. The van der Waals surface area contributed by atoms with E-state index in [2.05, 4.69) is 41.9 Å². The lowest BCUT2D eigenvalue weighted by molar-refractivity contribution is 0.565. The average molecular weight is 243 g/mol. The maximum Gasteiger partial charge on any atom is 0.0486 e. The monoisotopic (exact) mass is 243 g/mol. The Morgan fingerprint density at radius 2 is 2.11 bits per heavy atom. The maximum absolute atomic E-state index is 5.87. The first-order valence-electron chi connectivity index (χ1n) is 6.78. The second-order valence-corrected chi connectivity index (χ2v) is 5.57. The molecule has 1 aliphatic carbocycles. The van der Waals surface area contributed by atoms with Gasteiger partial charge in [0.05, 0.1) is 0 Å². The molecule has 1 fully saturated rings. The SMILES string of the molecule is CC(C)n1c(CNC2CC2)cc2cc(N)ccc21. The number of benzene rings is 1. The van der Waals surface area contributed by atoms with Crippen LogP contribution in [-0.4, -0.2) is 10.6 Å². The van der Waals surface area contributed by atoms with Gasteiger partial charge in [-0.25, -0.2) is 0 Å². The van der Waals surface area contributed by atoms with Crippen LogP contribution in [-0.2, 0) is 6.54 Å². The first-order chi connectivity index (χ1) is 8.65. The van der Waals surface area contributed by atoms with Gasteiger partial charge in [0.25, 0.3) is 0 Å². The molecule has 1 aromatic heterocycles. The molecule has 0 unspecified atom stereocenters. The van der Waals surface area contributed by atoms with Crippen LogP contribution in [0, 0.1) is 0 Å². The zero-order valence-corrected chi connectivity index (χ0v) is 11.1. The van der Waals surface area contributed by atoms with Crippen LogP contribution in [0.15, 0.2) is 24.3 Å². The van der Waals surface area contributed by atoms with Crippen molar-refractivity contribution >= 4 is 16.6 Å². The summed E-state index contributed by atoms with van der Waals surface area (Å²) in [4.78, 5) is 0. The van der Waals surface area contributed by atoms with Crippen molar-refractivity contribution in [2.75, 3.05) is 5.73 Å². The maximum atomic E-state index is 5.87. The molecule has 0 saturated heterocycles. The van der Waals surface area contributed by atoms with E-state index in [1.54, 1.807) is 0 Å². The zero-order chi connectivity index (χ0) is 12.7. The van der Waals surface area contributed by atoms with Gasteiger partial charge in [0, 0.05) is 40.9 Å². The van der Waals surface area contributed by atoms with Crippen LogP contribution in [0.1, 0.15) is 38.4 Å². The summed E-state index contributed by atoms with van der Waals surface area (Å²) in [7, 11) is 0. The summed E-state index contributed by atoms with van der Waals surface area (Å²) in [5.74, 6) is 0. The molecule has 0 spiro atoms. The van der Waals surface area contributed by atoms with E-state index in [-0.39, 0.29) is 0 Å². The highest BCUT2D eigenvalue weighted by Gasteiger charge is 2.21. The van der Waals surface area contributed by atoms with E-state index in [9.17, 15) is 0 Å². The van der Waals surface area contributed by atoms with Crippen molar-refractivity contribution < 1.29 is 0 Å². The molecular formula is C15H21N3. The normalized spacial score (nSPS) is 15.7. The van der Waals surface area contributed by atoms with Gasteiger partial charge in [0.1, 0.15) is 0 Å².